The van der Waals surface area contributed by atoms with E-state index in [1.54, 1.807) is 11.9 Å². The maximum absolute atomic E-state index is 12.9. The van der Waals surface area contributed by atoms with Gasteiger partial charge >= 0.3 is 0 Å². The third-order valence-electron chi connectivity index (χ3n) is 6.32. The predicted molar refractivity (Wildman–Crippen MR) is 124 cm³/mol. The standard InChI is InChI=1S/C24H29N3O4.ClH/c1-26-22(28)21(17-30-2)25-23(29)24(26)12-14-27(15-13-24)16-18-8-10-20(11-9-18)31-19-6-4-3-5-7-19;/h3-11,21H,12-17H2,1-2H3,(H,25,29);1H. The number of piperazine rings is 1. The van der Waals surface area contributed by atoms with Crippen LogP contribution in [0.2, 0.25) is 0 Å². The van der Waals surface area contributed by atoms with Crippen molar-refractivity contribution in [2.45, 2.75) is 31.0 Å². The van der Waals surface area contributed by atoms with Crippen molar-refractivity contribution in [1.82, 2.24) is 15.1 Å². The number of benzene rings is 2. The van der Waals surface area contributed by atoms with Crippen LogP contribution in [0.1, 0.15) is 18.4 Å². The number of methoxy groups -OCH3 is 1. The first kappa shape index (κ1) is 24.0. The Morgan fingerprint density at radius 3 is 2.25 bits per heavy atom. The number of nitrogens with zero attached hydrogens (tertiary/aromatic N) is 2. The molecule has 0 bridgehead atoms. The molecule has 0 radical (unpaired) electrons. The molecule has 32 heavy (non-hydrogen) atoms. The quantitative estimate of drug-likeness (QED) is 0.719. The lowest BCUT2D eigenvalue weighted by Gasteiger charge is -2.50. The van der Waals surface area contributed by atoms with Crippen LogP contribution in [-0.4, -0.2) is 67.0 Å². The van der Waals surface area contributed by atoms with E-state index in [4.69, 9.17) is 9.47 Å². The zero-order chi connectivity index (χ0) is 21.8. The maximum atomic E-state index is 12.9. The minimum Gasteiger partial charge on any atom is -0.457 e. The van der Waals surface area contributed by atoms with E-state index in [2.05, 4.69) is 22.3 Å². The van der Waals surface area contributed by atoms with Crippen LogP contribution in [0.5, 0.6) is 11.5 Å². The van der Waals surface area contributed by atoms with Gasteiger partial charge in [0.1, 0.15) is 23.1 Å². The van der Waals surface area contributed by atoms with Gasteiger partial charge in [0.15, 0.2) is 0 Å². The first-order chi connectivity index (χ1) is 15.0. The third kappa shape index (κ3) is 4.90. The van der Waals surface area contributed by atoms with Gasteiger partial charge in [-0.2, -0.15) is 0 Å². The van der Waals surface area contributed by atoms with Crippen LogP contribution in [0.15, 0.2) is 54.6 Å². The van der Waals surface area contributed by atoms with Gasteiger partial charge in [-0.3, -0.25) is 14.5 Å². The van der Waals surface area contributed by atoms with Crippen LogP contribution < -0.4 is 10.1 Å². The molecular weight excluding hydrogens is 430 g/mol. The normalized spacial score (nSPS) is 20.6. The number of amides is 2. The Labute approximate surface area is 195 Å². The summed E-state index contributed by atoms with van der Waals surface area (Å²) >= 11 is 0. The van der Waals surface area contributed by atoms with Gasteiger partial charge < -0.3 is 19.7 Å². The van der Waals surface area contributed by atoms with Gasteiger partial charge in [0.2, 0.25) is 11.8 Å². The molecule has 2 heterocycles. The minimum absolute atomic E-state index is 0. The summed E-state index contributed by atoms with van der Waals surface area (Å²) in [5.41, 5.74) is 0.430. The Balaban J connectivity index is 0.00000289. The number of hydrogen-bond donors (Lipinski definition) is 1. The lowest BCUT2D eigenvalue weighted by molar-refractivity contribution is -0.160. The first-order valence-electron chi connectivity index (χ1n) is 10.6. The van der Waals surface area contributed by atoms with Gasteiger partial charge in [0.25, 0.3) is 0 Å². The summed E-state index contributed by atoms with van der Waals surface area (Å²) in [6.07, 6.45) is 1.24. The molecule has 0 aromatic heterocycles. The minimum atomic E-state index is -0.759. The number of nitrogens with one attached hydrogen (secondary N) is 1. The largest absolute Gasteiger partial charge is 0.457 e. The molecule has 2 amide bonds. The molecule has 1 atom stereocenters. The second-order valence-electron chi connectivity index (χ2n) is 8.25. The Hall–Kier alpha value is -2.61. The molecule has 0 saturated carbocycles. The highest BCUT2D eigenvalue weighted by Gasteiger charge is 2.52. The monoisotopic (exact) mass is 459 g/mol. The molecule has 2 aliphatic heterocycles. The Kier molecular flexibility index (Phi) is 7.77. The summed E-state index contributed by atoms with van der Waals surface area (Å²) in [5, 5.41) is 2.86. The second-order valence-corrected chi connectivity index (χ2v) is 8.25. The van der Waals surface area contributed by atoms with Crippen molar-refractivity contribution < 1.29 is 19.1 Å². The maximum Gasteiger partial charge on any atom is 0.248 e. The summed E-state index contributed by atoms with van der Waals surface area (Å²) in [5.74, 6) is 1.47. The average molecular weight is 460 g/mol. The van der Waals surface area contributed by atoms with Gasteiger partial charge in [-0.1, -0.05) is 30.3 Å². The van der Waals surface area contributed by atoms with Crippen molar-refractivity contribution in [3.8, 4) is 11.5 Å². The van der Waals surface area contributed by atoms with Crippen LogP contribution in [0.25, 0.3) is 0 Å². The number of likely N-dealkylation sites (tertiary alicyclic amines) is 1. The van der Waals surface area contributed by atoms with E-state index in [0.717, 1.165) is 31.1 Å². The zero-order valence-electron chi connectivity index (χ0n) is 18.5. The molecule has 2 saturated heterocycles. The summed E-state index contributed by atoms with van der Waals surface area (Å²) in [7, 11) is 3.27. The number of carbonyl (C=O) groups excluding carboxylic acids is 2. The highest BCUT2D eigenvalue weighted by molar-refractivity contribution is 5.99. The van der Waals surface area contributed by atoms with Gasteiger partial charge in [0.05, 0.1) is 6.61 Å². The Morgan fingerprint density at radius 2 is 1.62 bits per heavy atom. The van der Waals surface area contributed by atoms with Gasteiger partial charge in [-0.15, -0.1) is 12.4 Å². The van der Waals surface area contributed by atoms with Gasteiger partial charge in [-0.25, -0.2) is 0 Å². The average Bonchev–Trinajstić information content (AvgIpc) is 2.79. The number of piperidine rings is 1. The van der Waals surface area contributed by atoms with Crippen LogP contribution in [0, 0.1) is 0 Å². The molecule has 1 spiro atoms. The summed E-state index contributed by atoms with van der Waals surface area (Å²) in [6.45, 7) is 2.50. The van der Waals surface area contributed by atoms with Crippen molar-refractivity contribution >= 4 is 24.2 Å². The van der Waals surface area contributed by atoms with Crippen LogP contribution >= 0.6 is 12.4 Å². The van der Waals surface area contributed by atoms with Crippen molar-refractivity contribution in [2.75, 3.05) is 33.9 Å². The molecule has 2 fully saturated rings. The fraction of sp³-hybridized carbons (Fsp3) is 0.417. The lowest BCUT2D eigenvalue weighted by atomic mass is 9.82. The molecule has 2 aliphatic rings. The molecule has 7 nitrogen and oxygen atoms in total. The summed E-state index contributed by atoms with van der Waals surface area (Å²) in [6, 6.07) is 17.2. The summed E-state index contributed by atoms with van der Waals surface area (Å²) < 4.78 is 10.9. The highest BCUT2D eigenvalue weighted by atomic mass is 35.5. The fourth-order valence-electron chi connectivity index (χ4n) is 4.42. The lowest BCUT2D eigenvalue weighted by Crippen LogP contribution is -2.72. The SMILES string of the molecule is COCC1NC(=O)C2(CCN(Cc3ccc(Oc4ccccc4)cc3)CC2)N(C)C1=O.Cl. The topological polar surface area (TPSA) is 71.1 Å². The molecule has 1 N–H and O–H groups in total. The molecule has 2 aromatic carbocycles. The molecule has 2 aromatic rings. The number of carbonyl (C=O) groups is 2. The molecule has 0 aliphatic carbocycles. The van der Waals surface area contributed by atoms with Crippen molar-refractivity contribution in [2.24, 2.45) is 0 Å². The van der Waals surface area contributed by atoms with E-state index < -0.39 is 11.6 Å². The fourth-order valence-corrected chi connectivity index (χ4v) is 4.42. The van der Waals surface area contributed by atoms with E-state index in [1.807, 2.05) is 42.5 Å². The zero-order valence-corrected chi connectivity index (χ0v) is 19.3. The van der Waals surface area contributed by atoms with Crippen molar-refractivity contribution in [3.05, 3.63) is 60.2 Å². The van der Waals surface area contributed by atoms with Crippen LogP contribution in [-0.2, 0) is 20.9 Å². The van der Waals surface area contributed by atoms with E-state index >= 15 is 0 Å². The predicted octanol–water partition coefficient (Wildman–Crippen LogP) is 2.84. The number of likely N-dealkylation sites (N-methyl/N-ethyl adjacent to an activating group) is 1. The second kappa shape index (κ2) is 10.3. The Morgan fingerprint density at radius 1 is 1.00 bits per heavy atom. The first-order valence-corrected chi connectivity index (χ1v) is 10.6. The van der Waals surface area contributed by atoms with Crippen LogP contribution in [0.3, 0.4) is 0 Å². The third-order valence-corrected chi connectivity index (χ3v) is 6.32. The van der Waals surface area contributed by atoms with Crippen molar-refractivity contribution in [3.63, 3.8) is 0 Å². The molecule has 4 rings (SSSR count). The number of para-hydroxylation sites is 1. The highest BCUT2D eigenvalue weighted by Crippen LogP contribution is 2.32. The number of halogens is 1. The Bertz CT molecular complexity index is 915. The molecule has 1 unspecified atom stereocenters. The summed E-state index contributed by atoms with van der Waals surface area (Å²) in [4.78, 5) is 29.5. The number of hydrogen-bond acceptors (Lipinski definition) is 5. The van der Waals surface area contributed by atoms with Crippen molar-refractivity contribution in [1.29, 1.82) is 0 Å². The van der Waals surface area contributed by atoms with E-state index in [0.29, 0.717) is 12.8 Å². The molecular formula is C24H30ClN3O4. The number of ether oxygens (including phenoxy) is 2. The van der Waals surface area contributed by atoms with Gasteiger partial charge in [-0.05, 0) is 42.7 Å². The molecule has 8 heteroatoms. The van der Waals surface area contributed by atoms with E-state index in [9.17, 15) is 9.59 Å². The van der Waals surface area contributed by atoms with E-state index in [-0.39, 0.29) is 30.8 Å². The smallest absolute Gasteiger partial charge is 0.248 e. The molecule has 172 valence electrons. The number of rotatable bonds is 6. The van der Waals surface area contributed by atoms with Gasteiger partial charge in [0, 0.05) is 33.8 Å². The van der Waals surface area contributed by atoms with Crippen LogP contribution in [0.4, 0.5) is 0 Å². The van der Waals surface area contributed by atoms with E-state index in [1.165, 1.54) is 12.7 Å².